The summed E-state index contributed by atoms with van der Waals surface area (Å²) < 4.78 is 32.6. The first kappa shape index (κ1) is 51.6. The van der Waals surface area contributed by atoms with Crippen LogP contribution in [-0.2, 0) is 32.7 Å². The minimum absolute atomic E-state index is 0.00120. The zero-order valence-electron chi connectivity index (χ0n) is 34.2. The molecule has 0 aromatic carbocycles. The van der Waals surface area contributed by atoms with Gasteiger partial charge in [-0.1, -0.05) is 126 Å². The lowest BCUT2D eigenvalue weighted by Gasteiger charge is -2.20. The molecule has 0 amide bonds. The van der Waals surface area contributed by atoms with E-state index in [2.05, 4.69) is 38.2 Å². The van der Waals surface area contributed by atoms with Crippen molar-refractivity contribution in [1.82, 2.24) is 0 Å². The van der Waals surface area contributed by atoms with Crippen LogP contribution in [0.25, 0.3) is 0 Å². The van der Waals surface area contributed by atoms with Crippen LogP contribution in [-0.4, -0.2) is 82.9 Å². The number of phosphoric ester groups is 1. The molecule has 0 aromatic rings. The number of esters is 2. The fourth-order valence-corrected chi connectivity index (χ4v) is 7.03. The Labute approximate surface area is 336 Å². The van der Waals surface area contributed by atoms with Crippen molar-refractivity contribution in [1.29, 1.82) is 0 Å². The van der Waals surface area contributed by atoms with Gasteiger partial charge in [-0.15, -0.1) is 0 Å². The number of unbranched alkanes of at least 4 members (excludes halogenated alkanes) is 9. The molecule has 0 aromatic heterocycles. The summed E-state index contributed by atoms with van der Waals surface area (Å²) >= 11 is 0. The van der Waals surface area contributed by atoms with Gasteiger partial charge in [0.1, 0.15) is 6.61 Å². The lowest BCUT2D eigenvalue weighted by atomic mass is 9.89. The molecular weight excluding hydrogens is 737 g/mol. The Morgan fingerprint density at radius 2 is 1.43 bits per heavy atom. The van der Waals surface area contributed by atoms with Gasteiger partial charge in [0, 0.05) is 25.3 Å². The third-order valence-electron chi connectivity index (χ3n) is 9.48. The van der Waals surface area contributed by atoms with E-state index in [1.165, 1.54) is 38.5 Å². The van der Waals surface area contributed by atoms with Crippen LogP contribution in [0.4, 0.5) is 0 Å². The maximum Gasteiger partial charge on any atom is 0.472 e. The van der Waals surface area contributed by atoms with Crippen LogP contribution in [0.15, 0.2) is 60.8 Å². The van der Waals surface area contributed by atoms with Gasteiger partial charge < -0.3 is 35.4 Å². The molecule has 1 unspecified atom stereocenters. The van der Waals surface area contributed by atoms with Crippen molar-refractivity contribution >= 4 is 19.8 Å². The first-order valence-corrected chi connectivity index (χ1v) is 22.5. The molecule has 1 rings (SSSR count). The number of aliphatic hydroxyl groups is 3. The first-order valence-electron chi connectivity index (χ1n) is 21.0. The molecular formula is C43H74NO11P. The van der Waals surface area contributed by atoms with Crippen molar-refractivity contribution in [2.75, 3.05) is 26.4 Å². The van der Waals surface area contributed by atoms with Crippen molar-refractivity contribution in [2.45, 2.75) is 160 Å². The van der Waals surface area contributed by atoms with Crippen LogP contribution in [0.3, 0.4) is 0 Å². The van der Waals surface area contributed by atoms with Crippen molar-refractivity contribution in [3.63, 3.8) is 0 Å². The van der Waals surface area contributed by atoms with Gasteiger partial charge in [0.05, 0.1) is 37.9 Å². The fourth-order valence-electron chi connectivity index (χ4n) is 6.27. The number of ether oxygens (including phenoxy) is 2. The molecule has 0 bridgehead atoms. The quantitative estimate of drug-likeness (QED) is 0.0182. The predicted octanol–water partition coefficient (Wildman–Crippen LogP) is 8.10. The van der Waals surface area contributed by atoms with Gasteiger partial charge in [-0.3, -0.25) is 18.6 Å². The molecule has 0 aliphatic heterocycles. The highest BCUT2D eigenvalue weighted by molar-refractivity contribution is 7.47. The minimum atomic E-state index is -4.47. The van der Waals surface area contributed by atoms with E-state index in [0.29, 0.717) is 25.7 Å². The van der Waals surface area contributed by atoms with Gasteiger partial charge in [-0.2, -0.15) is 0 Å². The van der Waals surface area contributed by atoms with Crippen LogP contribution in [0.1, 0.15) is 136 Å². The number of nitrogens with two attached hydrogens (primary N) is 1. The Morgan fingerprint density at radius 3 is 2.12 bits per heavy atom. The molecule has 1 fully saturated rings. The summed E-state index contributed by atoms with van der Waals surface area (Å²) in [5.74, 6) is -1.81. The smallest absolute Gasteiger partial charge is 0.461 e. The second-order valence-corrected chi connectivity index (χ2v) is 15.9. The van der Waals surface area contributed by atoms with E-state index in [1.54, 1.807) is 24.3 Å². The van der Waals surface area contributed by atoms with E-state index in [4.69, 9.17) is 24.3 Å². The predicted molar refractivity (Wildman–Crippen MR) is 221 cm³/mol. The molecule has 6 N–H and O–H groups in total. The molecule has 1 aliphatic rings. The Balaban J connectivity index is 2.51. The molecule has 0 radical (unpaired) electrons. The molecule has 1 aliphatic carbocycles. The van der Waals surface area contributed by atoms with Gasteiger partial charge in [0.25, 0.3) is 0 Å². The third kappa shape index (κ3) is 27.3. The second kappa shape index (κ2) is 33.6. The number of phosphoric acid groups is 1. The highest BCUT2D eigenvalue weighted by atomic mass is 31.2. The molecule has 0 heterocycles. The Bertz CT molecular complexity index is 1220. The van der Waals surface area contributed by atoms with Crippen molar-refractivity contribution < 1.29 is 52.9 Å². The molecule has 322 valence electrons. The van der Waals surface area contributed by atoms with Crippen molar-refractivity contribution in [3.05, 3.63) is 60.8 Å². The number of allylic oxidation sites excluding steroid dienone is 7. The lowest BCUT2D eigenvalue weighted by Crippen LogP contribution is -2.29. The molecule has 12 nitrogen and oxygen atoms in total. The molecule has 7 atom stereocenters. The Hall–Kier alpha value is -2.41. The molecule has 1 saturated carbocycles. The highest BCUT2D eigenvalue weighted by Crippen LogP contribution is 2.43. The van der Waals surface area contributed by atoms with E-state index >= 15 is 0 Å². The zero-order valence-corrected chi connectivity index (χ0v) is 35.1. The highest BCUT2D eigenvalue weighted by Gasteiger charge is 2.39. The van der Waals surface area contributed by atoms with E-state index < -0.39 is 57.4 Å². The maximum atomic E-state index is 12.6. The van der Waals surface area contributed by atoms with Crippen LogP contribution >= 0.6 is 7.82 Å². The summed E-state index contributed by atoms with van der Waals surface area (Å²) in [6, 6.07) is 0. The lowest BCUT2D eigenvalue weighted by molar-refractivity contribution is -0.160. The Morgan fingerprint density at radius 1 is 0.786 bits per heavy atom. The Kier molecular flexibility index (Phi) is 30.9. The number of carbonyl (C=O) groups is 2. The topological polar surface area (TPSA) is 195 Å². The summed E-state index contributed by atoms with van der Waals surface area (Å²) in [4.78, 5) is 35.0. The number of hydrogen-bond donors (Lipinski definition) is 5. The van der Waals surface area contributed by atoms with Gasteiger partial charge in [0.2, 0.25) is 0 Å². The van der Waals surface area contributed by atoms with Crippen LogP contribution < -0.4 is 5.73 Å². The molecule has 13 heteroatoms. The monoisotopic (exact) mass is 811 g/mol. The van der Waals surface area contributed by atoms with Crippen LogP contribution in [0, 0.1) is 11.8 Å². The van der Waals surface area contributed by atoms with E-state index in [1.807, 2.05) is 12.2 Å². The summed E-state index contributed by atoms with van der Waals surface area (Å²) in [5, 5.41) is 31.3. The molecule has 0 spiro atoms. The number of carbonyl (C=O) groups excluding carboxylic acids is 2. The number of hydrogen-bond acceptors (Lipinski definition) is 11. The average Bonchev–Trinajstić information content (AvgIpc) is 3.44. The van der Waals surface area contributed by atoms with Crippen molar-refractivity contribution in [3.8, 4) is 0 Å². The largest absolute Gasteiger partial charge is 0.472 e. The summed E-state index contributed by atoms with van der Waals surface area (Å²) in [6.07, 6.45) is 32.5. The van der Waals surface area contributed by atoms with Crippen molar-refractivity contribution in [2.24, 2.45) is 17.6 Å². The number of aliphatic hydroxyl groups excluding tert-OH is 3. The summed E-state index contributed by atoms with van der Waals surface area (Å²) in [5.41, 5.74) is 5.33. The van der Waals surface area contributed by atoms with E-state index in [-0.39, 0.29) is 44.2 Å². The van der Waals surface area contributed by atoms with E-state index in [9.17, 15) is 34.4 Å². The maximum absolute atomic E-state index is 12.6. The fraction of sp³-hybridized carbons (Fsp3) is 0.721. The SMILES string of the molecule is CCCCCCCC/C=C\C/C=C\C/C=C\CCCC(=O)O[C@H](COC(=O)C/C=C\C[C@H]1[C@@H](/C=C/[C@H](O)CCCCC)[C@H](O)C[C@@H]1O)COP(=O)(O)OCCN. The van der Waals surface area contributed by atoms with Crippen LogP contribution in [0.2, 0.25) is 0 Å². The summed E-state index contributed by atoms with van der Waals surface area (Å²) in [7, 11) is -4.47. The summed E-state index contributed by atoms with van der Waals surface area (Å²) in [6.45, 7) is 3.16. The van der Waals surface area contributed by atoms with E-state index in [0.717, 1.165) is 38.5 Å². The van der Waals surface area contributed by atoms with Gasteiger partial charge in [0.15, 0.2) is 6.10 Å². The zero-order chi connectivity index (χ0) is 41.3. The van der Waals surface area contributed by atoms with Gasteiger partial charge in [-0.25, -0.2) is 4.57 Å². The average molecular weight is 812 g/mol. The standard InChI is InChI=1S/C43H74NO11P/c1-3-5-7-8-9-10-11-12-13-14-15-16-17-18-19-20-22-28-43(49)55-37(35-54-56(50,51)53-32-31-44)34-52-42(48)27-24-23-26-38-39(41(47)33-40(38)46)30-29-36(45)25-21-6-4-2/h12-13,15-16,18-19,23-24,29-30,36-41,45-47H,3-11,14,17,20-22,25-28,31-35,44H2,1-2H3,(H,50,51)/b13-12-,16-15-,19-18-,24-23-,30-29+/t36-,37-,38+,39-,40+,41-/m1/s1. The van der Waals surface area contributed by atoms with Crippen LogP contribution in [0.5, 0.6) is 0 Å². The number of rotatable bonds is 34. The third-order valence-corrected chi connectivity index (χ3v) is 10.5. The first-order chi connectivity index (χ1) is 27.0. The van der Waals surface area contributed by atoms with Gasteiger partial charge >= 0.3 is 19.8 Å². The minimum Gasteiger partial charge on any atom is -0.461 e. The molecule has 0 saturated heterocycles. The second-order valence-electron chi connectivity index (χ2n) is 14.5. The normalized spacial score (nSPS) is 21.2. The molecule has 56 heavy (non-hydrogen) atoms. The van der Waals surface area contributed by atoms with Gasteiger partial charge in [-0.05, 0) is 57.3 Å².